The van der Waals surface area contributed by atoms with Crippen LogP contribution in [0.1, 0.15) is 86.6 Å². The number of aliphatic hydroxyl groups excluding tert-OH is 8. The average Bonchev–Trinajstić information content (AvgIpc) is 3.24. The number of rotatable bonds is 9. The first-order valence-corrected chi connectivity index (χ1v) is 18.9. The van der Waals surface area contributed by atoms with E-state index in [2.05, 4.69) is 0 Å². The molecular formula is C42H36CaO20. The first-order valence-electron chi connectivity index (χ1n) is 18.9. The van der Waals surface area contributed by atoms with Crippen molar-refractivity contribution < 1.29 is 99.4 Å². The van der Waals surface area contributed by atoms with Crippen LogP contribution in [0, 0.1) is 0 Å². The standard InChI is InChI=1S/C42H38O20.Ca/c43-11-23-31(47)35(51)37(53)41(61-23)59-21-5-1-3-15-25(17-7-13(39(55)56)9-19(45)27(17)33(49)29(15)21)26-16-4-2-6-22(60-42-38(54)36(52)32(48)24(12-44)62-42)30(16)34(50)28-18(26)8-14(40(57)58)10-20(28)46;/h1-10,23-26,31-32,35-38,41-48,51-54H,11-12H2,(H,55,56)(H,57,58);/q;+2/p-2/t23?,24?,25?,26?,31-,32-,35+,36+,37?,38?,41-,42-;/m1./s1. The van der Waals surface area contributed by atoms with Gasteiger partial charge in [-0.05, 0) is 46.5 Å². The third-order valence-electron chi connectivity index (χ3n) is 11.6. The number of carbonyl (C=O) groups is 4. The van der Waals surface area contributed by atoms with Gasteiger partial charge in [0, 0.05) is 23.0 Å². The summed E-state index contributed by atoms with van der Waals surface area (Å²) in [5.41, 5.74) is -3.65. The number of ether oxygens (including phenoxy) is 4. The molecule has 2 aliphatic carbocycles. The van der Waals surface area contributed by atoms with E-state index in [4.69, 9.17) is 18.9 Å². The second-order valence-electron chi connectivity index (χ2n) is 15.2. The zero-order valence-corrected chi connectivity index (χ0v) is 34.6. The number of ketones is 2. The summed E-state index contributed by atoms with van der Waals surface area (Å²) in [5, 5.41) is 131. The van der Waals surface area contributed by atoms with Crippen LogP contribution in [-0.2, 0) is 9.47 Å². The minimum Gasteiger partial charge on any atom is -0.872 e. The molecule has 4 aliphatic rings. The molecule has 2 aliphatic heterocycles. The summed E-state index contributed by atoms with van der Waals surface area (Å²) >= 11 is 0. The van der Waals surface area contributed by atoms with Crippen molar-refractivity contribution in [2.75, 3.05) is 13.2 Å². The van der Waals surface area contributed by atoms with Crippen molar-refractivity contribution in [2.24, 2.45) is 0 Å². The van der Waals surface area contributed by atoms with E-state index in [9.17, 15) is 80.5 Å². The topological polar surface area (TPSA) is 354 Å². The van der Waals surface area contributed by atoms with Crippen molar-refractivity contribution >= 4 is 61.2 Å². The molecule has 8 rings (SSSR count). The van der Waals surface area contributed by atoms with Crippen LogP contribution >= 0.6 is 0 Å². The van der Waals surface area contributed by atoms with E-state index >= 15 is 0 Å². The Morgan fingerprint density at radius 3 is 1.24 bits per heavy atom. The predicted octanol–water partition coefficient (Wildman–Crippen LogP) is -2.74. The van der Waals surface area contributed by atoms with Gasteiger partial charge in [-0.2, -0.15) is 0 Å². The molecule has 21 heteroatoms. The minimum atomic E-state index is -1.96. The van der Waals surface area contributed by atoms with Crippen LogP contribution in [0.15, 0.2) is 60.7 Å². The summed E-state index contributed by atoms with van der Waals surface area (Å²) in [5.74, 6) is -11.1. The van der Waals surface area contributed by atoms with Crippen molar-refractivity contribution in [1.29, 1.82) is 0 Å². The van der Waals surface area contributed by atoms with E-state index in [1.807, 2.05) is 0 Å². The summed E-state index contributed by atoms with van der Waals surface area (Å²) in [6.07, 6.45) is -17.9. The van der Waals surface area contributed by atoms with Crippen LogP contribution in [0.5, 0.6) is 23.0 Å². The summed E-state index contributed by atoms with van der Waals surface area (Å²) in [4.78, 5) is 54.1. The molecule has 20 nitrogen and oxygen atoms in total. The molecular weight excluding hydrogens is 865 g/mol. The average molecular weight is 901 g/mol. The molecule has 0 bridgehead atoms. The molecule has 10 N–H and O–H groups in total. The molecule has 0 amide bonds. The maximum absolute atomic E-state index is 14.6. The van der Waals surface area contributed by atoms with Crippen LogP contribution in [0.4, 0.5) is 0 Å². The normalized spacial score (nSPS) is 29.6. The summed E-state index contributed by atoms with van der Waals surface area (Å²) in [7, 11) is 0. The minimum absolute atomic E-state index is 0. The second kappa shape index (κ2) is 17.7. The number of fused-ring (bicyclic) bond motifs is 4. The summed E-state index contributed by atoms with van der Waals surface area (Å²) < 4.78 is 22.9. The predicted molar refractivity (Wildman–Crippen MR) is 204 cm³/mol. The zero-order chi connectivity index (χ0) is 44.6. The Morgan fingerprint density at radius 2 is 0.905 bits per heavy atom. The maximum Gasteiger partial charge on any atom is 2.00 e. The first kappa shape index (κ1) is 46.2. The summed E-state index contributed by atoms with van der Waals surface area (Å²) in [6, 6.07) is 11.4. The number of aromatic carboxylic acids is 2. The number of carboxylic acids is 2. The van der Waals surface area contributed by atoms with Gasteiger partial charge in [0.05, 0.1) is 35.5 Å². The van der Waals surface area contributed by atoms with Crippen LogP contribution in [-0.4, -0.2) is 187 Å². The van der Waals surface area contributed by atoms with E-state index in [0.29, 0.717) is 12.1 Å². The van der Waals surface area contributed by atoms with Gasteiger partial charge in [-0.1, -0.05) is 47.9 Å². The fourth-order valence-electron chi connectivity index (χ4n) is 8.68. The number of aliphatic hydroxyl groups is 8. The Hall–Kier alpha value is -4.78. The number of carboxylic acid groups (broad SMARTS) is 2. The van der Waals surface area contributed by atoms with Crippen molar-refractivity contribution in [2.45, 2.75) is 73.2 Å². The monoisotopic (exact) mass is 900 g/mol. The van der Waals surface area contributed by atoms with E-state index in [0.717, 1.165) is 12.1 Å². The van der Waals surface area contributed by atoms with Crippen LogP contribution in [0.2, 0.25) is 0 Å². The molecule has 0 radical (unpaired) electrons. The third-order valence-corrected chi connectivity index (χ3v) is 11.6. The van der Waals surface area contributed by atoms with E-state index in [1.165, 1.54) is 36.4 Å². The zero-order valence-electron chi connectivity index (χ0n) is 32.4. The number of carbonyl (C=O) groups excluding carboxylic acids is 2. The molecule has 12 atom stereocenters. The van der Waals surface area contributed by atoms with Gasteiger partial charge >= 0.3 is 49.7 Å². The van der Waals surface area contributed by atoms with Crippen LogP contribution in [0.25, 0.3) is 0 Å². The molecule has 2 fully saturated rings. The molecule has 0 spiro atoms. The molecule has 2 saturated heterocycles. The SMILES string of the molecule is O=C(O)c1cc([O-])c2c(c1)C(C1c3cc(C(=O)O)cc([O-])c3C(=O)c3c(O[C@@H]4OC(CO)[C@@H](O)[C@H](O)C4O)cccc31)c1cccc(O[C@@H]3OC(CO)[C@@H](O)[C@H](O)C3O)c1C2=O.[Ca+2]. The van der Waals surface area contributed by atoms with Gasteiger partial charge < -0.3 is 80.2 Å². The molecule has 326 valence electrons. The van der Waals surface area contributed by atoms with E-state index in [1.54, 1.807) is 0 Å². The van der Waals surface area contributed by atoms with Gasteiger partial charge in [-0.25, -0.2) is 9.59 Å². The molecule has 4 aromatic rings. The smallest absolute Gasteiger partial charge is 0.872 e. The molecule has 2 heterocycles. The Balaban J connectivity index is 0.00000595. The number of hydrogen-bond acceptors (Lipinski definition) is 18. The molecule has 0 aromatic heterocycles. The Labute approximate surface area is 384 Å². The van der Waals surface area contributed by atoms with Gasteiger partial charge in [0.15, 0.2) is 11.6 Å². The molecule has 63 heavy (non-hydrogen) atoms. The first-order chi connectivity index (χ1) is 29.5. The van der Waals surface area contributed by atoms with Crippen LogP contribution < -0.4 is 19.7 Å². The van der Waals surface area contributed by atoms with Gasteiger partial charge in [-0.3, -0.25) is 9.59 Å². The van der Waals surface area contributed by atoms with Gasteiger partial charge in [0.2, 0.25) is 12.6 Å². The van der Waals surface area contributed by atoms with Crippen molar-refractivity contribution in [1.82, 2.24) is 0 Å². The van der Waals surface area contributed by atoms with Gasteiger partial charge in [-0.15, -0.1) is 0 Å². The molecule has 4 aromatic carbocycles. The van der Waals surface area contributed by atoms with E-state index < -0.39 is 144 Å². The largest absolute Gasteiger partial charge is 2.00 e. The molecule has 6 unspecified atom stereocenters. The van der Waals surface area contributed by atoms with Crippen LogP contribution in [0.3, 0.4) is 0 Å². The second-order valence-corrected chi connectivity index (χ2v) is 15.2. The Morgan fingerprint density at radius 1 is 0.540 bits per heavy atom. The van der Waals surface area contributed by atoms with E-state index in [-0.39, 0.29) is 82.6 Å². The summed E-state index contributed by atoms with van der Waals surface area (Å²) in [6.45, 7) is -1.67. The third kappa shape index (κ3) is 7.63. The maximum atomic E-state index is 14.6. The van der Waals surface area contributed by atoms with Gasteiger partial charge in [0.25, 0.3) is 0 Å². The van der Waals surface area contributed by atoms with Crippen molar-refractivity contribution in [3.63, 3.8) is 0 Å². The molecule has 0 saturated carbocycles. The number of hydrogen-bond donors (Lipinski definition) is 10. The Kier molecular flexibility index (Phi) is 13.0. The number of benzene rings is 4. The van der Waals surface area contributed by atoms with Crippen molar-refractivity contribution in [3.05, 3.63) is 116 Å². The van der Waals surface area contributed by atoms with Gasteiger partial charge in [0.1, 0.15) is 60.3 Å². The van der Waals surface area contributed by atoms with Crippen molar-refractivity contribution in [3.8, 4) is 23.0 Å². The fraction of sp³-hybridized carbons (Fsp3) is 0.333. The fourth-order valence-corrected chi connectivity index (χ4v) is 8.68. The quantitative estimate of drug-likeness (QED) is 0.0762. The Bertz CT molecular complexity index is 2330.